The first kappa shape index (κ1) is 74.6. The van der Waals surface area contributed by atoms with Crippen LogP contribution in [-0.4, -0.2) is 209 Å². The van der Waals surface area contributed by atoms with Gasteiger partial charge in [0.2, 0.25) is 35.4 Å². The van der Waals surface area contributed by atoms with Crippen LogP contribution in [0, 0.1) is 5.82 Å². The first-order valence-electron chi connectivity index (χ1n) is 29.9. The van der Waals surface area contributed by atoms with Gasteiger partial charge in [0.25, 0.3) is 35.4 Å². The van der Waals surface area contributed by atoms with E-state index in [1.165, 1.54) is 18.2 Å². The standard InChI is InChI=1S/C22H25N3O8.C17H20N4O5.C13H9FN2O4.C5H13NO.C4H6O4/c26-13(6-9-18(28)29)3-2-11-33-12-10-23-15-5-1-4-14-19(15)22(32)25(21(14)31)16-7-8-17(27)24-20(16)30;18-6-8-26-9-7-19-11-3-1-2-10-14(11)17(25)21(16(10)24)12-4-5-13(22)20-15(12)23;14-7-3-1-2-6-10(7)13(20)16(12(6)19)8-4-5-9(17)15-11(8)18;1-2-4-7-5-3-6;5-3(6)1-2-4(7)8/h1,4-5,16,23H,2-3,6-12H2,(H,28,29)(H,24,27,30);1-3,12,19H,4-9,18H2,(H,20,22,23);1-3,8H,4-5H2,(H,15,17,18);2-6H2,1H3;1-2H2,(H,5,6)(H,7,8). The molecule has 3 aromatic carbocycles. The number of rotatable bonds is 27. The molecule has 0 spiro atoms. The van der Waals surface area contributed by atoms with E-state index in [1.54, 1.807) is 30.3 Å². The van der Waals surface area contributed by atoms with Crippen LogP contribution in [0.1, 0.15) is 153 Å². The highest BCUT2D eigenvalue weighted by Crippen LogP contribution is 2.34. The molecule has 12 amide bonds. The van der Waals surface area contributed by atoms with Crippen molar-refractivity contribution in [1.29, 1.82) is 0 Å². The smallest absolute Gasteiger partial charge is 0.303 e. The third-order valence-electron chi connectivity index (χ3n) is 14.3. The Morgan fingerprint density at radius 3 is 1.19 bits per heavy atom. The van der Waals surface area contributed by atoms with Gasteiger partial charge in [0.05, 0.1) is 79.1 Å². The molecule has 94 heavy (non-hydrogen) atoms. The number of ketones is 1. The van der Waals surface area contributed by atoms with E-state index in [1.807, 2.05) is 0 Å². The molecule has 33 heteroatoms. The quantitative estimate of drug-likeness (QED) is 0.0372. The molecule has 3 atom stereocenters. The maximum absolute atomic E-state index is 13.7. The summed E-state index contributed by atoms with van der Waals surface area (Å²) in [6.45, 7) is 6.92. The molecule has 506 valence electrons. The molecule has 0 radical (unpaired) electrons. The van der Waals surface area contributed by atoms with Gasteiger partial charge >= 0.3 is 17.9 Å². The van der Waals surface area contributed by atoms with E-state index in [-0.39, 0.29) is 116 Å². The number of nitrogens with one attached hydrogen (secondary N) is 5. The van der Waals surface area contributed by atoms with Crippen molar-refractivity contribution < 1.29 is 111 Å². The molecule has 3 fully saturated rings. The Kier molecular flexibility index (Phi) is 29.2. The van der Waals surface area contributed by atoms with E-state index in [0.717, 1.165) is 33.8 Å². The summed E-state index contributed by atoms with van der Waals surface area (Å²) in [5, 5.41) is 36.9. The molecule has 0 aliphatic carbocycles. The van der Waals surface area contributed by atoms with Gasteiger partial charge < -0.3 is 51.6 Å². The number of Topliss-reactive ketones (excluding diaryl/α,β-unsaturated/α-hetero) is 1. The molecular weight excluding hydrogens is 1240 g/mol. The fourth-order valence-electron chi connectivity index (χ4n) is 9.89. The van der Waals surface area contributed by atoms with Crippen LogP contribution in [-0.2, 0) is 62.2 Å². The fourth-order valence-corrected chi connectivity index (χ4v) is 9.89. The second-order valence-electron chi connectivity index (χ2n) is 21.1. The maximum atomic E-state index is 13.7. The Labute approximate surface area is 535 Å². The minimum atomic E-state index is -1.08. The number of ether oxygens (including phenoxy) is 3. The average Bonchev–Trinajstić information content (AvgIpc) is 1.63. The van der Waals surface area contributed by atoms with Gasteiger partial charge in [-0.3, -0.25) is 107 Å². The minimum Gasteiger partial charge on any atom is -0.481 e. The predicted octanol–water partition coefficient (Wildman–Crippen LogP) is 0.740. The molecule has 12 N–H and O–H groups in total. The number of aliphatic carboxylic acids is 3. The van der Waals surface area contributed by atoms with Crippen molar-refractivity contribution >= 4 is 106 Å². The first-order chi connectivity index (χ1) is 44.9. The number of fused-ring (bicyclic) bond motifs is 3. The predicted molar refractivity (Wildman–Crippen MR) is 323 cm³/mol. The van der Waals surface area contributed by atoms with Crippen LogP contribution in [0.15, 0.2) is 54.6 Å². The third kappa shape index (κ3) is 20.5. The van der Waals surface area contributed by atoms with Gasteiger partial charge in [-0.15, -0.1) is 0 Å². The first-order valence-corrected chi connectivity index (χ1v) is 29.9. The van der Waals surface area contributed by atoms with E-state index in [0.29, 0.717) is 70.4 Å². The lowest BCUT2D eigenvalue weighted by molar-refractivity contribution is -0.143. The second kappa shape index (κ2) is 36.8. The molecule has 9 rings (SSSR count). The molecular formula is C61H73FN10O22. The summed E-state index contributed by atoms with van der Waals surface area (Å²) < 4.78 is 29.4. The Bertz CT molecular complexity index is 3400. The molecule has 3 aromatic rings. The number of hydrogen-bond donors (Lipinski definition) is 10. The van der Waals surface area contributed by atoms with Gasteiger partial charge in [-0.2, -0.15) is 0 Å². The Morgan fingerprint density at radius 2 is 0.830 bits per heavy atom. The highest BCUT2D eigenvalue weighted by atomic mass is 19.1. The Balaban J connectivity index is 0.000000234. The molecule has 3 saturated heterocycles. The zero-order valence-electron chi connectivity index (χ0n) is 51.2. The summed E-state index contributed by atoms with van der Waals surface area (Å²) in [5.74, 6) is -11.1. The number of nitrogens with zero attached hydrogens (tertiary/aromatic N) is 3. The Morgan fingerprint density at radius 1 is 0.479 bits per heavy atom. The van der Waals surface area contributed by atoms with Crippen molar-refractivity contribution in [3.63, 3.8) is 0 Å². The second-order valence-corrected chi connectivity index (χ2v) is 21.1. The highest BCUT2D eigenvalue weighted by Gasteiger charge is 2.48. The SMILES string of the molecule is CCCOCCN.NCCOCCNc1cccc2c1C(=O)N(C1CCC(=O)NC1=O)C2=O.O=C(O)CCC(=O)CCCOCCNc1cccc2c1C(=O)N(C1CCC(=O)NC1=O)C2=O.O=C(O)CCC(=O)O.O=C1CCC(N2C(=O)c3cccc(F)c3C2=O)C(=O)N1. The van der Waals surface area contributed by atoms with Crippen LogP contribution in [0.5, 0.6) is 0 Å². The number of carbonyl (C=O) groups excluding carboxylic acids is 13. The number of nitrogens with two attached hydrogens (primary N) is 2. The van der Waals surface area contributed by atoms with Gasteiger partial charge in [-0.25, -0.2) is 4.39 Å². The number of piperidine rings is 3. The molecule has 0 saturated carbocycles. The summed E-state index contributed by atoms with van der Waals surface area (Å²) in [4.78, 5) is 189. The number of carboxylic acid groups (broad SMARTS) is 3. The summed E-state index contributed by atoms with van der Waals surface area (Å²) in [7, 11) is 0. The Hall–Kier alpha value is -10.1. The normalized spacial score (nSPS) is 17.7. The summed E-state index contributed by atoms with van der Waals surface area (Å²) in [6.07, 6.45) is 1.51. The van der Waals surface area contributed by atoms with Gasteiger partial charge in [0.15, 0.2) is 0 Å². The number of halogens is 1. The van der Waals surface area contributed by atoms with E-state index in [4.69, 9.17) is 41.0 Å². The fraction of sp³-hybridized carbons (Fsp3) is 0.443. The van der Waals surface area contributed by atoms with Crippen LogP contribution in [0.25, 0.3) is 0 Å². The zero-order valence-corrected chi connectivity index (χ0v) is 51.2. The van der Waals surface area contributed by atoms with Crippen molar-refractivity contribution in [1.82, 2.24) is 30.7 Å². The van der Waals surface area contributed by atoms with Gasteiger partial charge in [0.1, 0.15) is 29.7 Å². The van der Waals surface area contributed by atoms with Gasteiger partial charge in [-0.05, 0) is 68.5 Å². The van der Waals surface area contributed by atoms with E-state index in [2.05, 4.69) is 33.5 Å². The lowest BCUT2D eigenvalue weighted by Crippen LogP contribution is -2.54. The number of carbonyl (C=O) groups is 16. The van der Waals surface area contributed by atoms with Crippen LogP contribution in [0.3, 0.4) is 0 Å². The molecule has 32 nitrogen and oxygen atoms in total. The number of carboxylic acids is 3. The topological polar surface area (TPSA) is 483 Å². The lowest BCUT2D eigenvalue weighted by atomic mass is 10.0. The molecule has 0 bridgehead atoms. The lowest BCUT2D eigenvalue weighted by Gasteiger charge is -2.27. The van der Waals surface area contributed by atoms with Gasteiger partial charge in [0, 0.05) is 82.9 Å². The molecule has 0 aromatic heterocycles. The third-order valence-corrected chi connectivity index (χ3v) is 14.3. The molecule has 6 aliphatic rings. The monoisotopic (exact) mass is 1320 g/mol. The highest BCUT2D eigenvalue weighted by molar-refractivity contribution is 6.27. The van der Waals surface area contributed by atoms with Crippen molar-refractivity contribution in [2.75, 3.05) is 76.5 Å². The van der Waals surface area contributed by atoms with Crippen molar-refractivity contribution in [2.24, 2.45) is 11.5 Å². The average molecular weight is 1320 g/mol. The van der Waals surface area contributed by atoms with Crippen molar-refractivity contribution in [3.8, 4) is 0 Å². The van der Waals surface area contributed by atoms with Crippen molar-refractivity contribution in [3.05, 3.63) is 93.8 Å². The van der Waals surface area contributed by atoms with Crippen molar-refractivity contribution in [2.45, 2.75) is 109 Å². The molecule has 6 aliphatic heterocycles. The van der Waals surface area contributed by atoms with Crippen LogP contribution >= 0.6 is 0 Å². The van der Waals surface area contributed by atoms with E-state index < -0.39 is 113 Å². The minimum absolute atomic E-state index is 0.0125. The maximum Gasteiger partial charge on any atom is 0.303 e. The van der Waals surface area contributed by atoms with E-state index in [9.17, 15) is 81.1 Å². The zero-order chi connectivity index (χ0) is 69.2. The molecule has 6 heterocycles. The number of imide groups is 6. The largest absolute Gasteiger partial charge is 0.481 e. The van der Waals surface area contributed by atoms with Crippen LogP contribution < -0.4 is 38.1 Å². The summed E-state index contributed by atoms with van der Waals surface area (Å²) >= 11 is 0. The number of hydrogen-bond acceptors (Lipinski definition) is 23. The van der Waals surface area contributed by atoms with E-state index >= 15 is 0 Å². The number of benzene rings is 3. The molecule has 3 unspecified atom stereocenters. The number of anilines is 2. The summed E-state index contributed by atoms with van der Waals surface area (Å²) in [6, 6.07) is 10.4. The summed E-state index contributed by atoms with van der Waals surface area (Å²) in [5.41, 5.74) is 11.9. The number of amides is 12. The van der Waals surface area contributed by atoms with Crippen LogP contribution in [0.4, 0.5) is 15.8 Å². The van der Waals surface area contributed by atoms with Crippen LogP contribution in [0.2, 0.25) is 0 Å². The van der Waals surface area contributed by atoms with Gasteiger partial charge in [-0.1, -0.05) is 25.1 Å².